The number of carbonyl (C=O) groups is 1. The van der Waals surface area contributed by atoms with Crippen molar-refractivity contribution in [3.8, 4) is 11.3 Å². The quantitative estimate of drug-likeness (QED) is 0.347. The highest BCUT2D eigenvalue weighted by Crippen LogP contribution is 2.32. The van der Waals surface area contributed by atoms with Crippen LogP contribution in [0.4, 0.5) is 5.82 Å². The van der Waals surface area contributed by atoms with Crippen LogP contribution in [0.2, 0.25) is 0 Å². The van der Waals surface area contributed by atoms with Crippen molar-refractivity contribution in [2.45, 2.75) is 19.6 Å². The lowest BCUT2D eigenvalue weighted by atomic mass is 10.2. The number of aryl methyl sites for hydroxylation is 1. The molecular formula is C22H21N5O2P+. The van der Waals surface area contributed by atoms with Crippen LogP contribution in [-0.2, 0) is 22.7 Å². The molecule has 4 rings (SSSR count). The van der Waals surface area contributed by atoms with Gasteiger partial charge in [0.25, 0.3) is 0 Å². The summed E-state index contributed by atoms with van der Waals surface area (Å²) in [5.74, 6) is 2.19. The number of carbonyl (C=O) groups excluding carboxylic acids is 1. The van der Waals surface area contributed by atoms with Gasteiger partial charge < -0.3 is 4.74 Å². The molecule has 1 aromatic carbocycles. The number of aliphatic imine (C=N–C) groups is 1. The normalized spacial score (nSPS) is 14.8. The molecule has 2 aromatic heterocycles. The summed E-state index contributed by atoms with van der Waals surface area (Å²) in [6.45, 7) is 2.87. The maximum atomic E-state index is 12.0. The summed E-state index contributed by atoms with van der Waals surface area (Å²) in [5.41, 5.74) is 3.35. The Morgan fingerprint density at radius 3 is 2.73 bits per heavy atom. The summed E-state index contributed by atoms with van der Waals surface area (Å²) in [7, 11) is -0.602. The molecule has 0 fully saturated rings. The van der Waals surface area contributed by atoms with Crippen molar-refractivity contribution < 1.29 is 14.1 Å². The molecule has 0 saturated carbocycles. The summed E-state index contributed by atoms with van der Waals surface area (Å²) in [6, 6.07) is 13.6. The number of pyridine rings is 1. The van der Waals surface area contributed by atoms with Gasteiger partial charge >= 0.3 is 5.97 Å². The third-order valence-electron chi connectivity index (χ3n) is 4.49. The smallest absolute Gasteiger partial charge is 0.312 e. The Bertz CT molecular complexity index is 1080. The first-order valence-corrected chi connectivity index (χ1v) is 11.4. The third-order valence-corrected chi connectivity index (χ3v) is 5.42. The van der Waals surface area contributed by atoms with E-state index in [1.165, 1.54) is 0 Å². The fraction of sp³-hybridized carbons (Fsp3) is 0.182. The van der Waals surface area contributed by atoms with Crippen LogP contribution in [0.15, 0.2) is 70.8 Å². The molecule has 0 spiro atoms. The molecule has 3 aromatic rings. The number of benzene rings is 1. The van der Waals surface area contributed by atoms with E-state index in [0.29, 0.717) is 31.1 Å². The fourth-order valence-corrected chi connectivity index (χ4v) is 3.47. The van der Waals surface area contributed by atoms with Gasteiger partial charge in [-0.05, 0) is 12.2 Å². The topological polar surface area (TPSA) is 80.7 Å². The second-order valence-corrected chi connectivity index (χ2v) is 8.36. The van der Waals surface area contributed by atoms with Crippen molar-refractivity contribution >= 4 is 32.0 Å². The molecule has 1 aliphatic heterocycles. The molecule has 3 heterocycles. The first kappa shape index (κ1) is 20.0. The van der Waals surface area contributed by atoms with Gasteiger partial charge in [-0.2, -0.15) is 0 Å². The maximum absolute atomic E-state index is 12.0. The van der Waals surface area contributed by atoms with E-state index < -0.39 is 8.07 Å². The lowest BCUT2D eigenvalue weighted by Crippen LogP contribution is -2.34. The molecule has 0 bridgehead atoms. The van der Waals surface area contributed by atoms with Gasteiger partial charge in [-0.1, -0.05) is 30.3 Å². The summed E-state index contributed by atoms with van der Waals surface area (Å²) in [4.78, 5) is 25.4. The van der Waals surface area contributed by atoms with E-state index in [4.69, 9.17) is 4.74 Å². The Balaban J connectivity index is 1.35. The van der Waals surface area contributed by atoms with Crippen molar-refractivity contribution in [1.82, 2.24) is 9.97 Å². The Morgan fingerprint density at radius 2 is 1.93 bits per heavy atom. The van der Waals surface area contributed by atoms with Gasteiger partial charge in [0, 0.05) is 17.7 Å². The minimum absolute atomic E-state index is 0.220. The summed E-state index contributed by atoms with van der Waals surface area (Å²) >= 11 is 0. The largest absolute Gasteiger partial charge is 0.461 e. The van der Waals surface area contributed by atoms with Crippen molar-refractivity contribution in [3.63, 3.8) is 0 Å². The van der Waals surface area contributed by atoms with E-state index in [2.05, 4.69) is 19.7 Å². The highest BCUT2D eigenvalue weighted by atomic mass is 31.1. The van der Waals surface area contributed by atoms with E-state index in [9.17, 15) is 4.79 Å². The summed E-state index contributed by atoms with van der Waals surface area (Å²) in [5, 5.41) is 0. The van der Waals surface area contributed by atoms with Crippen LogP contribution in [0.3, 0.4) is 0 Å². The zero-order valence-corrected chi connectivity index (χ0v) is 17.4. The molecule has 0 radical (unpaired) electrons. The van der Waals surface area contributed by atoms with E-state index in [0.717, 1.165) is 16.8 Å². The number of fused-ring (bicyclic) bond motifs is 1. The number of esters is 1. The molecule has 7 nitrogen and oxygen atoms in total. The number of rotatable bonds is 6. The lowest BCUT2D eigenvalue weighted by Gasteiger charge is -2.04. The Hall–Kier alpha value is -3.31. The summed E-state index contributed by atoms with van der Waals surface area (Å²) < 4.78 is 11.7. The lowest BCUT2D eigenvalue weighted by molar-refractivity contribution is -0.695. The average molecular weight is 418 g/mol. The SMILES string of the molecule is CP1C=Nc2ncc(-c3cc[n+](CCC(=O)OCc4ccccc4)cc3)nc2C=N1. The Kier molecular flexibility index (Phi) is 6.30. The average Bonchev–Trinajstić information content (AvgIpc) is 2.98. The summed E-state index contributed by atoms with van der Waals surface area (Å²) in [6.07, 6.45) is 7.61. The van der Waals surface area contributed by atoms with Crippen LogP contribution in [0.5, 0.6) is 0 Å². The van der Waals surface area contributed by atoms with Gasteiger partial charge in [0.2, 0.25) is 0 Å². The van der Waals surface area contributed by atoms with Gasteiger partial charge in [0.15, 0.2) is 24.8 Å². The Labute approximate surface area is 176 Å². The Morgan fingerprint density at radius 1 is 1.13 bits per heavy atom. The highest BCUT2D eigenvalue weighted by Gasteiger charge is 2.12. The maximum Gasteiger partial charge on any atom is 0.312 e. The molecule has 30 heavy (non-hydrogen) atoms. The number of hydrogen-bond donors (Lipinski definition) is 0. The minimum atomic E-state index is -0.602. The standard InChI is InChI=1S/C22H21N5O2P/c1-30-16-24-22-20(14-25-30)26-19(13-23-22)18-7-10-27(11-8-18)12-9-21(28)29-15-17-5-3-2-4-6-17/h2-8,10-11,13-14,16H,9,12,15H2,1H3/q+1. The number of ether oxygens (including phenoxy) is 1. The van der Waals surface area contributed by atoms with Crippen molar-refractivity contribution in [2.75, 3.05) is 6.66 Å². The van der Waals surface area contributed by atoms with Gasteiger partial charge in [-0.25, -0.2) is 19.5 Å². The van der Waals surface area contributed by atoms with Crippen LogP contribution in [0.1, 0.15) is 17.7 Å². The molecule has 0 saturated heterocycles. The molecule has 0 amide bonds. The second kappa shape index (κ2) is 9.46. The molecule has 1 unspecified atom stereocenters. The third kappa shape index (κ3) is 5.19. The van der Waals surface area contributed by atoms with Crippen LogP contribution in [-0.4, -0.2) is 34.8 Å². The molecule has 0 N–H and O–H groups in total. The van der Waals surface area contributed by atoms with Crippen molar-refractivity contribution in [1.29, 1.82) is 0 Å². The highest BCUT2D eigenvalue weighted by molar-refractivity contribution is 7.71. The van der Waals surface area contributed by atoms with E-state index in [1.54, 1.807) is 12.4 Å². The molecular weight excluding hydrogens is 397 g/mol. The van der Waals surface area contributed by atoms with Crippen molar-refractivity contribution in [2.24, 2.45) is 9.76 Å². The number of aromatic nitrogens is 3. The van der Waals surface area contributed by atoms with Crippen LogP contribution < -0.4 is 4.57 Å². The van der Waals surface area contributed by atoms with Gasteiger partial charge in [-0.15, -0.1) is 0 Å². The zero-order valence-electron chi connectivity index (χ0n) is 16.5. The van der Waals surface area contributed by atoms with Crippen molar-refractivity contribution in [3.05, 3.63) is 72.3 Å². The first-order valence-electron chi connectivity index (χ1n) is 9.54. The predicted molar refractivity (Wildman–Crippen MR) is 117 cm³/mol. The van der Waals surface area contributed by atoms with Crippen LogP contribution in [0, 0.1) is 0 Å². The van der Waals surface area contributed by atoms with E-state index in [-0.39, 0.29) is 5.97 Å². The van der Waals surface area contributed by atoms with Crippen LogP contribution >= 0.6 is 8.07 Å². The van der Waals surface area contributed by atoms with Gasteiger partial charge in [-0.3, -0.25) is 9.56 Å². The monoisotopic (exact) mass is 418 g/mol. The first-order chi connectivity index (χ1) is 14.7. The molecule has 1 atom stereocenters. The second-order valence-electron chi connectivity index (χ2n) is 6.75. The van der Waals surface area contributed by atoms with Crippen LogP contribution in [0.25, 0.3) is 11.3 Å². The predicted octanol–water partition coefficient (Wildman–Crippen LogP) is 3.68. The van der Waals surface area contributed by atoms with E-state index in [1.807, 2.05) is 72.0 Å². The molecule has 150 valence electrons. The molecule has 8 heteroatoms. The van der Waals surface area contributed by atoms with Gasteiger partial charge in [0.05, 0.1) is 32.1 Å². The molecule has 0 aliphatic carbocycles. The minimum Gasteiger partial charge on any atom is -0.461 e. The zero-order chi connectivity index (χ0) is 20.8. The number of nitrogens with zero attached hydrogens (tertiary/aromatic N) is 5. The molecule has 1 aliphatic rings. The number of hydrogen-bond acceptors (Lipinski definition) is 6. The van der Waals surface area contributed by atoms with E-state index >= 15 is 0 Å². The van der Waals surface area contributed by atoms with Gasteiger partial charge in [0.1, 0.15) is 18.7 Å². The fourth-order valence-electron chi connectivity index (χ4n) is 2.84.